The van der Waals surface area contributed by atoms with E-state index in [-0.39, 0.29) is 0 Å². The number of hydrogen-bond donors (Lipinski definition) is 0. The van der Waals surface area contributed by atoms with Gasteiger partial charge in [-0.25, -0.2) is 4.98 Å². The molecule has 4 aromatic rings. The minimum absolute atomic E-state index is 0.598. The Bertz CT molecular complexity index is 1150. The zero-order valence-electron chi connectivity index (χ0n) is 15.1. The molecule has 5 heteroatoms. The summed E-state index contributed by atoms with van der Waals surface area (Å²) in [6.45, 7) is 2.09. The number of allylic oxidation sites excluding steroid dienone is 1. The fraction of sp³-hybridized carbons (Fsp3) is 0.0435. The highest BCUT2D eigenvalue weighted by atomic mass is 32.2. The zero-order valence-corrected chi connectivity index (χ0v) is 17.6. The average molecular weight is 417 g/mol. The van der Waals surface area contributed by atoms with Gasteiger partial charge in [0.05, 0.1) is 15.5 Å². The lowest BCUT2D eigenvalue weighted by Gasteiger charge is -1.98. The van der Waals surface area contributed by atoms with Crippen molar-refractivity contribution in [3.63, 3.8) is 0 Å². The number of benzene rings is 2. The lowest BCUT2D eigenvalue weighted by atomic mass is 10.2. The smallest absolute Gasteiger partial charge is 0.134 e. The Balaban J connectivity index is 1.54. The van der Waals surface area contributed by atoms with E-state index in [4.69, 9.17) is 0 Å². The van der Waals surface area contributed by atoms with Crippen LogP contribution in [0.4, 0.5) is 0 Å². The molecular formula is C23H16N2S3. The number of aromatic nitrogens is 1. The summed E-state index contributed by atoms with van der Waals surface area (Å²) < 4.78 is 1.21. The summed E-state index contributed by atoms with van der Waals surface area (Å²) in [6.07, 6.45) is 1.93. The Kier molecular flexibility index (Phi) is 5.73. The van der Waals surface area contributed by atoms with E-state index in [0.717, 1.165) is 21.1 Å². The summed E-state index contributed by atoms with van der Waals surface area (Å²) >= 11 is 4.93. The van der Waals surface area contributed by atoms with Gasteiger partial charge in [-0.05, 0) is 37.3 Å². The largest absolute Gasteiger partial charge is 0.235 e. The van der Waals surface area contributed by atoms with Crippen molar-refractivity contribution in [1.29, 1.82) is 5.26 Å². The Morgan fingerprint density at radius 2 is 1.82 bits per heavy atom. The molecule has 0 aliphatic heterocycles. The Morgan fingerprint density at radius 1 is 1.04 bits per heavy atom. The molecule has 0 radical (unpaired) electrons. The fourth-order valence-corrected chi connectivity index (χ4v) is 5.47. The van der Waals surface area contributed by atoms with E-state index in [1.54, 1.807) is 23.1 Å². The van der Waals surface area contributed by atoms with Crippen molar-refractivity contribution in [1.82, 2.24) is 4.98 Å². The molecule has 0 fully saturated rings. The second kappa shape index (κ2) is 8.57. The highest BCUT2D eigenvalue weighted by Gasteiger charge is 2.10. The molecule has 0 bridgehead atoms. The maximum Gasteiger partial charge on any atom is 0.134 e. The molecule has 4 rings (SSSR count). The van der Waals surface area contributed by atoms with Gasteiger partial charge in [0.15, 0.2) is 0 Å². The Morgan fingerprint density at radius 3 is 2.57 bits per heavy atom. The number of rotatable bonds is 5. The third-order valence-corrected chi connectivity index (χ3v) is 7.10. The summed E-state index contributed by atoms with van der Waals surface area (Å²) in [5.41, 5.74) is 3.83. The first kappa shape index (κ1) is 18.7. The minimum Gasteiger partial charge on any atom is -0.235 e. The van der Waals surface area contributed by atoms with E-state index in [1.807, 2.05) is 41.8 Å². The molecule has 0 unspecified atom stereocenters. The number of aryl methyl sites for hydroxylation is 1. The predicted molar refractivity (Wildman–Crippen MR) is 121 cm³/mol. The molecule has 2 aromatic heterocycles. The molecule has 0 N–H and O–H groups in total. The summed E-state index contributed by atoms with van der Waals surface area (Å²) in [4.78, 5) is 6.93. The van der Waals surface area contributed by atoms with Gasteiger partial charge in [-0.3, -0.25) is 0 Å². The maximum absolute atomic E-state index is 9.64. The van der Waals surface area contributed by atoms with Crippen LogP contribution in [0.15, 0.2) is 81.2 Å². The normalized spacial score (nSPS) is 11.4. The lowest BCUT2D eigenvalue weighted by molar-refractivity contribution is 1.37. The third-order valence-electron chi connectivity index (χ3n) is 4.05. The van der Waals surface area contributed by atoms with Crippen LogP contribution in [0.2, 0.25) is 0 Å². The summed E-state index contributed by atoms with van der Waals surface area (Å²) in [5, 5.41) is 12.4. The van der Waals surface area contributed by atoms with Crippen LogP contribution in [0.5, 0.6) is 0 Å². The van der Waals surface area contributed by atoms with Crippen LogP contribution in [0.25, 0.3) is 22.9 Å². The molecule has 0 aliphatic carbocycles. The number of nitriles is 1. The quantitative estimate of drug-likeness (QED) is 0.318. The highest BCUT2D eigenvalue weighted by molar-refractivity contribution is 8.01. The van der Waals surface area contributed by atoms with Gasteiger partial charge in [0, 0.05) is 20.7 Å². The Labute approximate surface area is 176 Å². The molecule has 2 heterocycles. The molecule has 0 saturated carbocycles. The van der Waals surface area contributed by atoms with Crippen LogP contribution in [0.1, 0.15) is 15.4 Å². The summed E-state index contributed by atoms with van der Waals surface area (Å²) in [5.74, 6) is 0. The van der Waals surface area contributed by atoms with Gasteiger partial charge in [-0.15, -0.1) is 22.7 Å². The number of thiophene rings is 1. The van der Waals surface area contributed by atoms with Crippen molar-refractivity contribution in [3.05, 3.63) is 87.6 Å². The molecule has 0 spiro atoms. The van der Waals surface area contributed by atoms with Crippen molar-refractivity contribution in [2.24, 2.45) is 0 Å². The standard InChI is InChI=1S/C23H16N2S3/c1-16-7-9-19(10-8-16)27-22-12-11-20(28-22)13-18(14-24)23-25-21(15-26-23)17-5-3-2-4-6-17/h2-13,15H,1H3. The van der Waals surface area contributed by atoms with E-state index in [0.29, 0.717) is 5.57 Å². The van der Waals surface area contributed by atoms with Gasteiger partial charge in [0.1, 0.15) is 11.1 Å². The monoisotopic (exact) mass is 416 g/mol. The first-order chi connectivity index (χ1) is 13.7. The summed E-state index contributed by atoms with van der Waals surface area (Å²) in [6, 6.07) is 25.0. The first-order valence-corrected chi connectivity index (χ1v) is 11.2. The zero-order chi connectivity index (χ0) is 19.3. The molecule has 136 valence electrons. The molecule has 0 saturated heterocycles. The Hall–Kier alpha value is -2.65. The van der Waals surface area contributed by atoms with Gasteiger partial charge in [-0.2, -0.15) is 5.26 Å². The van der Waals surface area contributed by atoms with Crippen molar-refractivity contribution in [2.45, 2.75) is 16.0 Å². The molecule has 2 aromatic carbocycles. The van der Waals surface area contributed by atoms with Crippen LogP contribution >= 0.6 is 34.4 Å². The lowest BCUT2D eigenvalue weighted by Crippen LogP contribution is -1.81. The van der Waals surface area contributed by atoms with Crippen LogP contribution in [0, 0.1) is 18.3 Å². The van der Waals surface area contributed by atoms with Gasteiger partial charge in [0.25, 0.3) is 0 Å². The third kappa shape index (κ3) is 4.42. The molecule has 28 heavy (non-hydrogen) atoms. The van der Waals surface area contributed by atoms with Crippen LogP contribution in [-0.4, -0.2) is 4.98 Å². The second-order valence-corrected chi connectivity index (χ2v) is 9.49. The van der Waals surface area contributed by atoms with Crippen LogP contribution in [0.3, 0.4) is 0 Å². The second-order valence-electron chi connectivity index (χ2n) is 6.15. The van der Waals surface area contributed by atoms with Crippen molar-refractivity contribution >= 4 is 46.1 Å². The van der Waals surface area contributed by atoms with Crippen molar-refractivity contribution in [3.8, 4) is 17.3 Å². The molecular weight excluding hydrogens is 400 g/mol. The summed E-state index contributed by atoms with van der Waals surface area (Å²) in [7, 11) is 0. The van der Waals surface area contributed by atoms with Crippen LogP contribution < -0.4 is 0 Å². The number of nitrogens with zero attached hydrogens (tertiary/aromatic N) is 2. The predicted octanol–water partition coefficient (Wildman–Crippen LogP) is 7.40. The maximum atomic E-state index is 9.64. The average Bonchev–Trinajstić information content (AvgIpc) is 3.38. The van der Waals surface area contributed by atoms with Gasteiger partial charge in [-0.1, -0.05) is 59.8 Å². The minimum atomic E-state index is 0.598. The van der Waals surface area contributed by atoms with E-state index >= 15 is 0 Å². The van der Waals surface area contributed by atoms with Gasteiger partial charge >= 0.3 is 0 Å². The molecule has 0 atom stereocenters. The first-order valence-electron chi connectivity index (χ1n) is 8.69. The van der Waals surface area contributed by atoms with Gasteiger partial charge in [0.2, 0.25) is 0 Å². The SMILES string of the molecule is Cc1ccc(Sc2ccc(C=C(C#N)c3nc(-c4ccccc4)cs3)s2)cc1. The number of hydrogen-bond acceptors (Lipinski definition) is 5. The highest BCUT2D eigenvalue weighted by Crippen LogP contribution is 2.35. The van der Waals surface area contributed by atoms with E-state index < -0.39 is 0 Å². The molecule has 0 amide bonds. The molecule has 0 aliphatic rings. The van der Waals surface area contributed by atoms with Gasteiger partial charge < -0.3 is 0 Å². The topological polar surface area (TPSA) is 36.7 Å². The fourth-order valence-electron chi connectivity index (χ4n) is 2.61. The number of thiazole rings is 1. The van der Waals surface area contributed by atoms with Crippen LogP contribution in [-0.2, 0) is 0 Å². The van der Waals surface area contributed by atoms with Crippen molar-refractivity contribution < 1.29 is 0 Å². The van der Waals surface area contributed by atoms with Crippen molar-refractivity contribution in [2.75, 3.05) is 0 Å². The molecule has 2 nitrogen and oxygen atoms in total. The van der Waals surface area contributed by atoms with E-state index in [2.05, 4.69) is 54.4 Å². The van der Waals surface area contributed by atoms with E-state index in [9.17, 15) is 5.26 Å². The van der Waals surface area contributed by atoms with E-state index in [1.165, 1.54) is 26.0 Å².